The molecule has 1 N–H and O–H groups in total. The van der Waals surface area contributed by atoms with E-state index < -0.39 is 0 Å². The highest BCUT2D eigenvalue weighted by atomic mass is 79.9. The van der Waals surface area contributed by atoms with Crippen LogP contribution in [0.25, 0.3) is 0 Å². The van der Waals surface area contributed by atoms with Gasteiger partial charge >= 0.3 is 0 Å². The van der Waals surface area contributed by atoms with E-state index in [4.69, 9.17) is 16.3 Å². The van der Waals surface area contributed by atoms with Crippen molar-refractivity contribution >= 4 is 27.5 Å². The average Bonchev–Trinajstić information content (AvgIpc) is 2.41. The van der Waals surface area contributed by atoms with Gasteiger partial charge in [-0.3, -0.25) is 0 Å². The van der Waals surface area contributed by atoms with Crippen LogP contribution in [0.1, 0.15) is 12.5 Å². The van der Waals surface area contributed by atoms with Crippen LogP contribution < -0.4 is 10.1 Å². The van der Waals surface area contributed by atoms with Gasteiger partial charge in [-0.1, -0.05) is 40.5 Å². The van der Waals surface area contributed by atoms with E-state index in [0.29, 0.717) is 6.54 Å². The number of hydrogen-bond acceptors (Lipinski definition) is 2. The van der Waals surface area contributed by atoms with E-state index in [1.54, 1.807) is 0 Å². The molecule has 0 aliphatic heterocycles. The summed E-state index contributed by atoms with van der Waals surface area (Å²) in [4.78, 5) is 0. The molecule has 0 aromatic heterocycles. The highest BCUT2D eigenvalue weighted by Gasteiger charge is 2.08. The number of nitrogens with one attached hydrogen (secondary N) is 1. The smallest absolute Gasteiger partial charge is 0.133 e. The fourth-order valence-corrected chi connectivity index (χ4v) is 2.18. The summed E-state index contributed by atoms with van der Waals surface area (Å²) in [6.45, 7) is 3.65. The van der Waals surface area contributed by atoms with Crippen LogP contribution in [0.5, 0.6) is 11.5 Å². The molecule has 0 amide bonds. The summed E-state index contributed by atoms with van der Waals surface area (Å²) in [7, 11) is 0. The molecule has 0 aliphatic carbocycles. The van der Waals surface area contributed by atoms with E-state index in [9.17, 15) is 0 Å². The van der Waals surface area contributed by atoms with E-state index in [0.717, 1.165) is 33.1 Å². The normalized spacial score (nSPS) is 10.5. The lowest BCUT2D eigenvalue weighted by Gasteiger charge is -2.13. The Bertz CT molecular complexity index is 542. The summed E-state index contributed by atoms with van der Waals surface area (Å²) in [5, 5.41) is 3.99. The lowest BCUT2D eigenvalue weighted by molar-refractivity contribution is 0.473. The monoisotopic (exact) mass is 339 g/mol. The summed E-state index contributed by atoms with van der Waals surface area (Å²) in [6, 6.07) is 13.4. The molecular weight excluding hydrogens is 326 g/mol. The Morgan fingerprint density at radius 1 is 1.16 bits per heavy atom. The summed E-state index contributed by atoms with van der Waals surface area (Å²) in [5.41, 5.74) is 0.980. The van der Waals surface area contributed by atoms with Gasteiger partial charge in [0, 0.05) is 21.6 Å². The van der Waals surface area contributed by atoms with Gasteiger partial charge in [-0.05, 0) is 42.9 Å². The number of halogens is 2. The summed E-state index contributed by atoms with van der Waals surface area (Å²) >= 11 is 9.63. The van der Waals surface area contributed by atoms with E-state index >= 15 is 0 Å². The zero-order valence-electron chi connectivity index (χ0n) is 10.6. The maximum Gasteiger partial charge on any atom is 0.133 e. The van der Waals surface area contributed by atoms with Crippen molar-refractivity contribution in [2.75, 3.05) is 6.54 Å². The van der Waals surface area contributed by atoms with Crippen LogP contribution in [-0.4, -0.2) is 6.54 Å². The van der Waals surface area contributed by atoms with Crippen LogP contribution >= 0.6 is 27.5 Å². The van der Waals surface area contributed by atoms with Gasteiger partial charge in [0.15, 0.2) is 0 Å². The second kappa shape index (κ2) is 6.94. The third-order valence-corrected chi connectivity index (χ3v) is 3.55. The molecule has 0 radical (unpaired) electrons. The number of benzene rings is 2. The molecule has 0 aliphatic rings. The standard InChI is InChI=1S/C15H15BrClNO/c1-2-18-10-13-14(17)4-3-5-15(13)19-12-8-6-11(16)7-9-12/h3-9,18H,2,10H2,1H3. The van der Waals surface area contributed by atoms with Crippen LogP contribution in [0.15, 0.2) is 46.9 Å². The molecule has 0 spiro atoms. The van der Waals surface area contributed by atoms with Crippen LogP contribution in [0.2, 0.25) is 5.02 Å². The largest absolute Gasteiger partial charge is 0.457 e. The Morgan fingerprint density at radius 3 is 2.58 bits per heavy atom. The van der Waals surface area contributed by atoms with Crippen LogP contribution in [0.4, 0.5) is 0 Å². The minimum absolute atomic E-state index is 0.696. The predicted octanol–water partition coefficient (Wildman–Crippen LogP) is 5.00. The molecule has 2 rings (SSSR count). The molecule has 0 bridgehead atoms. The maximum atomic E-state index is 6.23. The van der Waals surface area contributed by atoms with Crippen molar-refractivity contribution in [3.8, 4) is 11.5 Å². The van der Waals surface area contributed by atoms with Crippen LogP contribution in [-0.2, 0) is 6.54 Å². The second-order valence-electron chi connectivity index (χ2n) is 4.05. The molecule has 19 heavy (non-hydrogen) atoms. The summed E-state index contributed by atoms with van der Waals surface area (Å²) in [5.74, 6) is 1.58. The van der Waals surface area contributed by atoms with E-state index in [-0.39, 0.29) is 0 Å². The highest BCUT2D eigenvalue weighted by molar-refractivity contribution is 9.10. The molecule has 4 heteroatoms. The van der Waals surface area contributed by atoms with Gasteiger partial charge in [-0.2, -0.15) is 0 Å². The average molecular weight is 341 g/mol. The molecule has 0 atom stereocenters. The number of ether oxygens (including phenoxy) is 1. The van der Waals surface area contributed by atoms with Crippen LogP contribution in [0, 0.1) is 0 Å². The molecule has 0 unspecified atom stereocenters. The van der Waals surface area contributed by atoms with Gasteiger partial charge in [-0.15, -0.1) is 0 Å². The minimum atomic E-state index is 0.696. The molecule has 2 aromatic rings. The van der Waals surface area contributed by atoms with E-state index in [1.807, 2.05) is 42.5 Å². The topological polar surface area (TPSA) is 21.3 Å². The predicted molar refractivity (Wildman–Crippen MR) is 83.0 cm³/mol. The molecule has 0 fully saturated rings. The zero-order chi connectivity index (χ0) is 13.7. The Balaban J connectivity index is 2.23. The van der Waals surface area contributed by atoms with Crippen molar-refractivity contribution < 1.29 is 4.74 Å². The van der Waals surface area contributed by atoms with Crippen LogP contribution in [0.3, 0.4) is 0 Å². The van der Waals surface area contributed by atoms with Gasteiger partial charge in [0.25, 0.3) is 0 Å². The SMILES string of the molecule is CCNCc1c(Cl)cccc1Oc1ccc(Br)cc1. The summed E-state index contributed by atoms with van der Waals surface area (Å²) in [6.07, 6.45) is 0. The van der Waals surface area contributed by atoms with Crippen molar-refractivity contribution in [3.05, 3.63) is 57.5 Å². The third-order valence-electron chi connectivity index (χ3n) is 2.67. The van der Waals surface area contributed by atoms with Gasteiger partial charge in [0.1, 0.15) is 11.5 Å². The van der Waals surface area contributed by atoms with Crippen molar-refractivity contribution in [2.45, 2.75) is 13.5 Å². The Labute approximate surface area is 126 Å². The Kier molecular flexibility index (Phi) is 5.25. The van der Waals surface area contributed by atoms with Gasteiger partial charge in [-0.25, -0.2) is 0 Å². The van der Waals surface area contributed by atoms with Gasteiger partial charge < -0.3 is 10.1 Å². The zero-order valence-corrected chi connectivity index (χ0v) is 13.0. The van der Waals surface area contributed by atoms with Gasteiger partial charge in [0.05, 0.1) is 0 Å². The first-order valence-corrected chi connectivity index (χ1v) is 7.29. The molecule has 2 nitrogen and oxygen atoms in total. The molecule has 0 heterocycles. The lowest BCUT2D eigenvalue weighted by atomic mass is 10.2. The Morgan fingerprint density at radius 2 is 1.89 bits per heavy atom. The quantitative estimate of drug-likeness (QED) is 0.826. The number of hydrogen-bond donors (Lipinski definition) is 1. The number of rotatable bonds is 5. The Hall–Kier alpha value is -1.03. The van der Waals surface area contributed by atoms with Gasteiger partial charge in [0.2, 0.25) is 0 Å². The fraction of sp³-hybridized carbons (Fsp3) is 0.200. The first kappa shape index (κ1) is 14.4. The molecule has 0 saturated carbocycles. The van der Waals surface area contributed by atoms with Crippen molar-refractivity contribution in [1.29, 1.82) is 0 Å². The van der Waals surface area contributed by atoms with E-state index in [1.165, 1.54) is 0 Å². The minimum Gasteiger partial charge on any atom is -0.457 e. The molecule has 2 aromatic carbocycles. The molecule has 0 saturated heterocycles. The third kappa shape index (κ3) is 3.96. The van der Waals surface area contributed by atoms with Crippen molar-refractivity contribution in [1.82, 2.24) is 5.32 Å². The first-order valence-electron chi connectivity index (χ1n) is 6.12. The molecule has 100 valence electrons. The second-order valence-corrected chi connectivity index (χ2v) is 5.38. The highest BCUT2D eigenvalue weighted by Crippen LogP contribution is 2.30. The lowest BCUT2D eigenvalue weighted by Crippen LogP contribution is -2.12. The maximum absolute atomic E-state index is 6.23. The molecular formula is C15H15BrClNO. The fourth-order valence-electron chi connectivity index (χ4n) is 1.69. The van der Waals surface area contributed by atoms with E-state index in [2.05, 4.69) is 28.2 Å². The van der Waals surface area contributed by atoms with Crippen molar-refractivity contribution in [2.24, 2.45) is 0 Å². The van der Waals surface area contributed by atoms with Crippen molar-refractivity contribution in [3.63, 3.8) is 0 Å². The first-order chi connectivity index (χ1) is 9.20. The summed E-state index contributed by atoms with van der Waals surface area (Å²) < 4.78 is 6.92.